The Morgan fingerprint density at radius 3 is 1.64 bits per heavy atom. The minimum atomic E-state index is 0.0370. The summed E-state index contributed by atoms with van der Waals surface area (Å²) in [6, 6.07) is 30.7. The first-order valence-corrected chi connectivity index (χ1v) is 23.6. The van der Waals surface area contributed by atoms with Crippen molar-refractivity contribution >= 4 is 76.0 Å². The van der Waals surface area contributed by atoms with E-state index in [4.69, 9.17) is 4.98 Å². The van der Waals surface area contributed by atoms with Crippen LogP contribution in [0.4, 0.5) is 52.1 Å². The normalized spacial score (nSPS) is 12.8. The predicted octanol–water partition coefficient (Wildman–Crippen LogP) is 10.4. The number of nitrogens with zero attached hydrogens (tertiary/aromatic N) is 8. The van der Waals surface area contributed by atoms with Crippen LogP contribution in [-0.4, -0.2) is 72.0 Å². The first-order chi connectivity index (χ1) is 31.7. The molecule has 1 saturated heterocycles. The molecule has 0 radical (unpaired) electrons. The smallest absolute Gasteiger partial charge is 0.229 e. The van der Waals surface area contributed by atoms with Gasteiger partial charge in [-0.05, 0) is 152 Å². The van der Waals surface area contributed by atoms with Gasteiger partial charge in [-0.2, -0.15) is 15.1 Å². The molecule has 66 heavy (non-hydrogen) atoms. The van der Waals surface area contributed by atoms with Crippen molar-refractivity contribution in [2.24, 2.45) is 0 Å². The maximum absolute atomic E-state index is 4.69. The molecule has 7 N–H and O–H groups in total. The van der Waals surface area contributed by atoms with Crippen LogP contribution in [0.2, 0.25) is 0 Å². The van der Waals surface area contributed by atoms with Crippen molar-refractivity contribution in [3.05, 3.63) is 139 Å². The first kappa shape index (κ1) is 47.7. The summed E-state index contributed by atoms with van der Waals surface area (Å²) < 4.78 is 8.78. The molecule has 344 valence electrons. The Morgan fingerprint density at radius 1 is 0.591 bits per heavy atom. The SMILES string of the molecule is Cc1cnc(Nc2ccc(Cn3cccn3)cc2)nc1Nc1cccc(SNC(C)(C)C)c1.Cc1cnc(Nc2ccc(N3CCNCC3)nc2)nc1Nc1cccc(SNC(C)(C)C)c1. The minimum Gasteiger partial charge on any atom is -0.354 e. The van der Waals surface area contributed by atoms with Crippen LogP contribution in [0.25, 0.3) is 0 Å². The van der Waals surface area contributed by atoms with Crippen LogP contribution in [-0.2, 0) is 6.54 Å². The highest BCUT2D eigenvalue weighted by Gasteiger charge is 2.14. The summed E-state index contributed by atoms with van der Waals surface area (Å²) in [5.74, 6) is 3.60. The van der Waals surface area contributed by atoms with E-state index in [9.17, 15) is 0 Å². The van der Waals surface area contributed by atoms with Gasteiger partial charge in [0.15, 0.2) is 0 Å². The molecule has 0 aliphatic carbocycles. The number of pyridine rings is 1. The molecule has 0 spiro atoms. The number of benzene rings is 3. The van der Waals surface area contributed by atoms with Crippen LogP contribution in [0, 0.1) is 13.8 Å². The zero-order chi connectivity index (χ0) is 46.5. The average molecular weight is 924 g/mol. The predicted molar refractivity (Wildman–Crippen MR) is 274 cm³/mol. The number of piperazine rings is 1. The number of rotatable bonds is 15. The summed E-state index contributed by atoms with van der Waals surface area (Å²) in [5, 5.41) is 21.0. The van der Waals surface area contributed by atoms with Gasteiger partial charge in [0.05, 0.1) is 18.4 Å². The molecule has 17 heteroatoms. The summed E-state index contributed by atoms with van der Waals surface area (Å²) in [6.45, 7) is 21.5. The number of anilines is 9. The van der Waals surface area contributed by atoms with Crippen molar-refractivity contribution in [1.82, 2.24) is 49.5 Å². The third-order valence-corrected chi connectivity index (χ3v) is 12.1. The fraction of sp³-hybridized carbons (Fsp3) is 0.306. The molecule has 0 amide bonds. The van der Waals surface area contributed by atoms with Crippen molar-refractivity contribution < 1.29 is 0 Å². The molecule has 1 aliphatic rings. The molecule has 8 rings (SSSR count). The van der Waals surface area contributed by atoms with Crippen molar-refractivity contribution in [3.63, 3.8) is 0 Å². The van der Waals surface area contributed by atoms with Gasteiger partial charge in [0.1, 0.15) is 17.5 Å². The fourth-order valence-corrected chi connectivity index (χ4v) is 7.82. The second-order valence-electron chi connectivity index (χ2n) is 18.0. The van der Waals surface area contributed by atoms with E-state index in [2.05, 4.69) is 144 Å². The van der Waals surface area contributed by atoms with Crippen molar-refractivity contribution in [1.29, 1.82) is 0 Å². The van der Waals surface area contributed by atoms with Crippen LogP contribution in [0.1, 0.15) is 58.2 Å². The van der Waals surface area contributed by atoms with Gasteiger partial charge in [0, 0.05) is 100 Å². The van der Waals surface area contributed by atoms with E-state index in [1.807, 2.05) is 97.9 Å². The monoisotopic (exact) mass is 923 g/mol. The second kappa shape index (κ2) is 22.3. The van der Waals surface area contributed by atoms with Gasteiger partial charge in [0.25, 0.3) is 0 Å². The van der Waals surface area contributed by atoms with Gasteiger partial charge < -0.3 is 31.5 Å². The second-order valence-corrected chi connectivity index (χ2v) is 19.7. The Labute approximate surface area is 397 Å². The standard InChI is InChI=1S/C25H29N7S.C24H32N8S/c1-18-16-26-24(29-20-11-9-19(10-12-20)17-32-14-6-13-27-32)30-23(18)28-21-7-5-8-22(15-21)33-31-25(2,3)4;1-17-15-27-23(29-19-8-9-21(26-16-19)32-12-10-25-11-13-32)30-22(17)28-18-6-5-7-20(14-18)33-31-24(2,3)4/h5-16,31H,17H2,1-4H3,(H2,26,28,29,30);5-9,14-16,25,31H,10-13H2,1-4H3,(H2,27,28,29,30). The van der Waals surface area contributed by atoms with Crippen LogP contribution < -0.4 is 40.9 Å². The quantitative estimate of drug-likeness (QED) is 0.0485. The highest BCUT2D eigenvalue weighted by atomic mass is 32.2. The van der Waals surface area contributed by atoms with E-state index in [1.54, 1.807) is 30.1 Å². The van der Waals surface area contributed by atoms with E-state index in [0.29, 0.717) is 11.9 Å². The average Bonchev–Trinajstić information content (AvgIpc) is 3.82. The molecule has 3 aromatic carbocycles. The highest BCUT2D eigenvalue weighted by molar-refractivity contribution is 7.97. The van der Waals surface area contributed by atoms with E-state index < -0.39 is 0 Å². The van der Waals surface area contributed by atoms with Crippen molar-refractivity contribution in [3.8, 4) is 0 Å². The summed E-state index contributed by atoms with van der Waals surface area (Å²) in [6.07, 6.45) is 9.21. The molecular weight excluding hydrogens is 863 g/mol. The number of aromatic nitrogens is 7. The lowest BCUT2D eigenvalue weighted by molar-refractivity contribution is 0.535. The highest BCUT2D eigenvalue weighted by Crippen LogP contribution is 2.28. The van der Waals surface area contributed by atoms with Gasteiger partial charge in [0.2, 0.25) is 11.9 Å². The lowest BCUT2D eigenvalue weighted by atomic mass is 10.1. The summed E-state index contributed by atoms with van der Waals surface area (Å²) in [5.41, 5.74) is 6.94. The molecule has 5 heterocycles. The molecule has 0 unspecified atom stereocenters. The number of nitrogens with one attached hydrogen (secondary N) is 7. The maximum Gasteiger partial charge on any atom is 0.229 e. The molecule has 4 aromatic heterocycles. The van der Waals surface area contributed by atoms with E-state index in [0.717, 1.165) is 93.8 Å². The third kappa shape index (κ3) is 15.2. The van der Waals surface area contributed by atoms with E-state index >= 15 is 0 Å². The Bertz CT molecular complexity index is 2600. The van der Waals surface area contributed by atoms with Gasteiger partial charge in [-0.15, -0.1) is 0 Å². The van der Waals surface area contributed by atoms with Crippen LogP contribution in [0.3, 0.4) is 0 Å². The van der Waals surface area contributed by atoms with Gasteiger partial charge >= 0.3 is 0 Å². The topological polar surface area (TPSA) is 170 Å². The third-order valence-electron chi connectivity index (χ3n) is 9.65. The molecule has 0 saturated carbocycles. The largest absolute Gasteiger partial charge is 0.354 e. The molecule has 7 aromatic rings. The number of aryl methyl sites for hydroxylation is 2. The number of hydrogen-bond donors (Lipinski definition) is 7. The van der Waals surface area contributed by atoms with Crippen molar-refractivity contribution in [2.75, 3.05) is 52.3 Å². The minimum absolute atomic E-state index is 0.0370. The maximum atomic E-state index is 4.69. The lowest BCUT2D eigenvalue weighted by Crippen LogP contribution is -2.43. The Balaban J connectivity index is 0.000000196. The van der Waals surface area contributed by atoms with Gasteiger partial charge in [-0.25, -0.2) is 15.0 Å². The lowest BCUT2D eigenvalue weighted by Gasteiger charge is -2.28. The molecule has 0 bridgehead atoms. The zero-order valence-corrected chi connectivity index (χ0v) is 40.6. The Morgan fingerprint density at radius 2 is 1.14 bits per heavy atom. The van der Waals surface area contributed by atoms with Crippen molar-refractivity contribution in [2.45, 2.75) is 82.8 Å². The summed E-state index contributed by atoms with van der Waals surface area (Å²) >= 11 is 3.25. The number of hydrogen-bond acceptors (Lipinski definition) is 16. The summed E-state index contributed by atoms with van der Waals surface area (Å²) in [4.78, 5) is 27.4. The zero-order valence-electron chi connectivity index (χ0n) is 39.0. The van der Waals surface area contributed by atoms with E-state index in [1.165, 1.54) is 5.56 Å². The fourth-order valence-electron chi connectivity index (χ4n) is 6.30. The molecule has 1 fully saturated rings. The molecule has 1 aliphatic heterocycles. The Hall–Kier alpha value is -6.24. The molecule has 0 atom stereocenters. The van der Waals surface area contributed by atoms with Crippen LogP contribution in [0.15, 0.2) is 132 Å². The van der Waals surface area contributed by atoms with Gasteiger partial charge in [-0.1, -0.05) is 24.3 Å². The van der Waals surface area contributed by atoms with Gasteiger partial charge in [-0.3, -0.25) is 14.1 Å². The van der Waals surface area contributed by atoms with Crippen LogP contribution >= 0.6 is 23.9 Å². The van der Waals surface area contributed by atoms with E-state index in [-0.39, 0.29) is 11.1 Å². The Kier molecular flexibility index (Phi) is 16.1. The molecule has 15 nitrogen and oxygen atoms in total. The summed E-state index contributed by atoms with van der Waals surface area (Å²) in [7, 11) is 0. The molecular formula is C49H61N15S2. The first-order valence-electron chi connectivity index (χ1n) is 22.0. The van der Waals surface area contributed by atoms with Crippen LogP contribution in [0.5, 0.6) is 0 Å².